The van der Waals surface area contributed by atoms with Gasteiger partial charge in [0.2, 0.25) is 5.88 Å². The topological polar surface area (TPSA) is 40.6 Å². The first-order valence-electron chi connectivity index (χ1n) is 8.67. The van der Waals surface area contributed by atoms with Crippen molar-refractivity contribution in [2.75, 3.05) is 6.61 Å². The lowest BCUT2D eigenvalue weighted by Gasteiger charge is -2.17. The van der Waals surface area contributed by atoms with Gasteiger partial charge in [0, 0.05) is 24.3 Å². The SMILES string of the molecule is CCC(COc1ccc(Oc2cc(F)cc(F)c2)cc1)Oc1ccc(F)cn1. The molecule has 3 rings (SSSR count). The highest BCUT2D eigenvalue weighted by atomic mass is 19.1. The fourth-order valence-corrected chi connectivity index (χ4v) is 2.35. The highest BCUT2D eigenvalue weighted by Gasteiger charge is 2.11. The summed E-state index contributed by atoms with van der Waals surface area (Å²) in [6, 6.07) is 12.3. The van der Waals surface area contributed by atoms with Gasteiger partial charge >= 0.3 is 0 Å². The lowest BCUT2D eigenvalue weighted by molar-refractivity contribution is 0.120. The molecule has 0 spiro atoms. The van der Waals surface area contributed by atoms with Crippen molar-refractivity contribution >= 4 is 0 Å². The van der Waals surface area contributed by atoms with Crippen LogP contribution in [0.25, 0.3) is 0 Å². The van der Waals surface area contributed by atoms with Gasteiger partial charge in [0.25, 0.3) is 0 Å². The molecule has 0 bridgehead atoms. The molecule has 0 aliphatic heterocycles. The molecule has 1 unspecified atom stereocenters. The van der Waals surface area contributed by atoms with Gasteiger partial charge in [-0.1, -0.05) is 6.92 Å². The Labute approximate surface area is 160 Å². The summed E-state index contributed by atoms with van der Waals surface area (Å²) in [6.07, 6.45) is 1.50. The Morgan fingerprint density at radius 1 is 0.821 bits per heavy atom. The van der Waals surface area contributed by atoms with Gasteiger partial charge in [0.1, 0.15) is 47.4 Å². The Morgan fingerprint density at radius 3 is 2.11 bits per heavy atom. The number of halogens is 3. The van der Waals surface area contributed by atoms with E-state index in [1.165, 1.54) is 12.1 Å². The summed E-state index contributed by atoms with van der Waals surface area (Å²) in [5.41, 5.74) is 0. The van der Waals surface area contributed by atoms with Crippen molar-refractivity contribution < 1.29 is 27.4 Å². The van der Waals surface area contributed by atoms with Crippen LogP contribution in [0.4, 0.5) is 13.2 Å². The van der Waals surface area contributed by atoms with Crippen LogP contribution in [0.1, 0.15) is 13.3 Å². The number of aromatic nitrogens is 1. The molecular formula is C21H18F3NO3. The van der Waals surface area contributed by atoms with Gasteiger partial charge in [-0.3, -0.25) is 0 Å². The molecule has 7 heteroatoms. The van der Waals surface area contributed by atoms with Crippen molar-refractivity contribution in [3.05, 3.63) is 78.2 Å². The molecule has 0 saturated carbocycles. The highest BCUT2D eigenvalue weighted by molar-refractivity contribution is 5.35. The summed E-state index contributed by atoms with van der Waals surface area (Å²) in [6.45, 7) is 2.21. The first-order valence-corrected chi connectivity index (χ1v) is 8.67. The van der Waals surface area contributed by atoms with E-state index in [1.807, 2.05) is 6.92 Å². The van der Waals surface area contributed by atoms with E-state index in [0.29, 0.717) is 23.8 Å². The fourth-order valence-electron chi connectivity index (χ4n) is 2.35. The molecule has 4 nitrogen and oxygen atoms in total. The number of hydrogen-bond acceptors (Lipinski definition) is 4. The molecule has 0 saturated heterocycles. The summed E-state index contributed by atoms with van der Waals surface area (Å²) in [5.74, 6) is -0.476. The van der Waals surface area contributed by atoms with E-state index < -0.39 is 17.5 Å². The predicted octanol–water partition coefficient (Wildman–Crippen LogP) is 5.53. The minimum absolute atomic E-state index is 0.0670. The quantitative estimate of drug-likeness (QED) is 0.508. The number of nitrogens with zero attached hydrogens (tertiary/aromatic N) is 1. The maximum absolute atomic E-state index is 13.2. The van der Waals surface area contributed by atoms with Crippen LogP contribution in [0.3, 0.4) is 0 Å². The van der Waals surface area contributed by atoms with E-state index in [0.717, 1.165) is 24.4 Å². The number of ether oxygens (including phenoxy) is 3. The average Bonchev–Trinajstić information content (AvgIpc) is 2.67. The average molecular weight is 389 g/mol. The van der Waals surface area contributed by atoms with E-state index in [9.17, 15) is 13.2 Å². The number of hydrogen-bond donors (Lipinski definition) is 0. The second kappa shape index (κ2) is 9.12. The maximum atomic E-state index is 13.2. The number of pyridine rings is 1. The molecule has 0 amide bonds. The largest absolute Gasteiger partial charge is 0.490 e. The third-order valence-electron chi connectivity index (χ3n) is 3.77. The van der Waals surface area contributed by atoms with Crippen LogP contribution >= 0.6 is 0 Å². The van der Waals surface area contributed by atoms with Crippen molar-refractivity contribution in [1.82, 2.24) is 4.98 Å². The second-order valence-corrected chi connectivity index (χ2v) is 5.95. The van der Waals surface area contributed by atoms with E-state index in [4.69, 9.17) is 14.2 Å². The van der Waals surface area contributed by atoms with Gasteiger partial charge in [-0.05, 0) is 36.8 Å². The van der Waals surface area contributed by atoms with Crippen LogP contribution in [0.5, 0.6) is 23.1 Å². The molecule has 0 fully saturated rings. The summed E-state index contributed by atoms with van der Waals surface area (Å²) < 4.78 is 56.1. The Hall–Kier alpha value is -3.22. The molecule has 0 radical (unpaired) electrons. The van der Waals surface area contributed by atoms with Crippen molar-refractivity contribution in [1.29, 1.82) is 0 Å². The Bertz CT molecular complexity index is 882. The summed E-state index contributed by atoms with van der Waals surface area (Å²) in [5, 5.41) is 0. The summed E-state index contributed by atoms with van der Waals surface area (Å²) in [4.78, 5) is 3.86. The minimum Gasteiger partial charge on any atom is -0.490 e. The van der Waals surface area contributed by atoms with Crippen molar-refractivity contribution in [3.63, 3.8) is 0 Å². The van der Waals surface area contributed by atoms with E-state index in [-0.39, 0.29) is 18.5 Å². The summed E-state index contributed by atoms with van der Waals surface area (Å²) >= 11 is 0. The zero-order chi connectivity index (χ0) is 19.9. The molecule has 0 aliphatic carbocycles. The standard InChI is InChI=1S/C21H18F3NO3/c1-2-17(28-21-8-3-14(22)12-25-21)13-26-18-4-6-19(7-5-18)27-20-10-15(23)9-16(24)11-20/h3-12,17H,2,13H2,1H3. The van der Waals surface area contributed by atoms with Crippen LogP contribution in [-0.4, -0.2) is 17.7 Å². The van der Waals surface area contributed by atoms with Gasteiger partial charge in [-0.15, -0.1) is 0 Å². The van der Waals surface area contributed by atoms with Gasteiger partial charge in [-0.25, -0.2) is 18.2 Å². The van der Waals surface area contributed by atoms with Gasteiger partial charge < -0.3 is 14.2 Å². The molecule has 0 N–H and O–H groups in total. The molecule has 1 aromatic heterocycles. The lowest BCUT2D eigenvalue weighted by atomic mass is 10.3. The Kier molecular flexibility index (Phi) is 6.37. The molecule has 28 heavy (non-hydrogen) atoms. The monoisotopic (exact) mass is 389 g/mol. The fraction of sp³-hybridized carbons (Fsp3) is 0.190. The normalized spacial score (nSPS) is 11.7. The van der Waals surface area contributed by atoms with E-state index >= 15 is 0 Å². The highest BCUT2D eigenvalue weighted by Crippen LogP contribution is 2.25. The van der Waals surface area contributed by atoms with Gasteiger partial charge in [-0.2, -0.15) is 0 Å². The molecule has 3 aromatic rings. The molecule has 146 valence electrons. The van der Waals surface area contributed by atoms with Gasteiger partial charge in [0.15, 0.2) is 0 Å². The third-order valence-corrected chi connectivity index (χ3v) is 3.77. The van der Waals surface area contributed by atoms with E-state index in [2.05, 4.69) is 4.98 Å². The zero-order valence-electron chi connectivity index (χ0n) is 15.1. The van der Waals surface area contributed by atoms with Crippen LogP contribution in [0, 0.1) is 17.5 Å². The molecule has 1 heterocycles. The van der Waals surface area contributed by atoms with Crippen LogP contribution in [0.15, 0.2) is 60.8 Å². The number of rotatable bonds is 8. The van der Waals surface area contributed by atoms with Gasteiger partial charge in [0.05, 0.1) is 6.20 Å². The van der Waals surface area contributed by atoms with Crippen LogP contribution in [-0.2, 0) is 0 Å². The molecule has 0 aliphatic rings. The van der Waals surface area contributed by atoms with E-state index in [1.54, 1.807) is 24.3 Å². The first kappa shape index (κ1) is 19.5. The van der Waals surface area contributed by atoms with Crippen LogP contribution in [0.2, 0.25) is 0 Å². The third kappa shape index (κ3) is 5.64. The van der Waals surface area contributed by atoms with Crippen LogP contribution < -0.4 is 14.2 Å². The summed E-state index contributed by atoms with van der Waals surface area (Å²) in [7, 11) is 0. The zero-order valence-corrected chi connectivity index (χ0v) is 15.1. The van der Waals surface area contributed by atoms with Crippen molar-refractivity contribution in [2.45, 2.75) is 19.4 Å². The molecule has 1 atom stereocenters. The maximum Gasteiger partial charge on any atom is 0.213 e. The Balaban J connectivity index is 1.55. The van der Waals surface area contributed by atoms with Crippen molar-refractivity contribution in [3.8, 4) is 23.1 Å². The first-order chi connectivity index (χ1) is 13.5. The lowest BCUT2D eigenvalue weighted by Crippen LogP contribution is -2.24. The molecular weight excluding hydrogens is 371 g/mol. The van der Waals surface area contributed by atoms with Crippen molar-refractivity contribution in [2.24, 2.45) is 0 Å². The number of benzene rings is 2. The predicted molar refractivity (Wildman–Crippen MR) is 97.3 cm³/mol. The Morgan fingerprint density at radius 2 is 1.50 bits per heavy atom. The second-order valence-electron chi connectivity index (χ2n) is 5.95. The smallest absolute Gasteiger partial charge is 0.213 e. The minimum atomic E-state index is -0.712. The molecule has 2 aromatic carbocycles.